The fourth-order valence-electron chi connectivity index (χ4n) is 2.73. The summed E-state index contributed by atoms with van der Waals surface area (Å²) in [6, 6.07) is 10.9. The summed E-state index contributed by atoms with van der Waals surface area (Å²) in [7, 11) is 1.43. The van der Waals surface area contributed by atoms with E-state index in [4.69, 9.17) is 25.8 Å². The van der Waals surface area contributed by atoms with E-state index >= 15 is 0 Å². The van der Waals surface area contributed by atoms with Gasteiger partial charge in [-0.25, -0.2) is 4.79 Å². The second-order valence-electron chi connectivity index (χ2n) is 6.38. The average Bonchev–Trinajstić information content (AvgIpc) is 3.02. The van der Waals surface area contributed by atoms with E-state index in [2.05, 4.69) is 0 Å². The Morgan fingerprint density at radius 1 is 1.09 bits per heavy atom. The average molecular weight is 476 g/mol. The van der Waals surface area contributed by atoms with Gasteiger partial charge in [0, 0.05) is 5.02 Å². The number of benzene rings is 2. The highest BCUT2D eigenvalue weighted by Gasteiger charge is 2.36. The van der Waals surface area contributed by atoms with Crippen molar-refractivity contribution in [2.24, 2.45) is 0 Å². The van der Waals surface area contributed by atoms with Crippen molar-refractivity contribution in [2.75, 3.05) is 20.3 Å². The summed E-state index contributed by atoms with van der Waals surface area (Å²) in [6.45, 7) is 1.32. The number of hydrogen-bond acceptors (Lipinski definition) is 8. The van der Waals surface area contributed by atoms with Crippen molar-refractivity contribution in [3.63, 3.8) is 0 Å². The van der Waals surface area contributed by atoms with E-state index < -0.39 is 29.6 Å². The zero-order chi connectivity index (χ0) is 23.3. The molecule has 1 fully saturated rings. The highest BCUT2D eigenvalue weighted by Crippen LogP contribution is 2.34. The maximum absolute atomic E-state index is 12.5. The van der Waals surface area contributed by atoms with Crippen molar-refractivity contribution in [3.8, 4) is 11.5 Å². The van der Waals surface area contributed by atoms with Crippen molar-refractivity contribution >= 4 is 52.5 Å². The molecule has 1 aliphatic heterocycles. The molecule has 0 spiro atoms. The van der Waals surface area contributed by atoms with Crippen LogP contribution in [0.25, 0.3) is 6.08 Å². The van der Waals surface area contributed by atoms with Crippen LogP contribution in [0.1, 0.15) is 22.8 Å². The van der Waals surface area contributed by atoms with E-state index in [1.807, 2.05) is 0 Å². The first-order valence-corrected chi connectivity index (χ1v) is 10.6. The van der Waals surface area contributed by atoms with Gasteiger partial charge in [0.1, 0.15) is 6.54 Å². The number of hydrogen-bond donors (Lipinski definition) is 0. The van der Waals surface area contributed by atoms with Crippen LogP contribution in [0, 0.1) is 0 Å². The van der Waals surface area contributed by atoms with Crippen molar-refractivity contribution < 1.29 is 33.4 Å². The summed E-state index contributed by atoms with van der Waals surface area (Å²) in [5.41, 5.74) is 0.785. The summed E-state index contributed by atoms with van der Waals surface area (Å²) in [4.78, 5) is 49.7. The minimum Gasteiger partial charge on any atom is -0.493 e. The molecule has 0 unspecified atom stereocenters. The van der Waals surface area contributed by atoms with Crippen LogP contribution < -0.4 is 9.47 Å². The van der Waals surface area contributed by atoms with Gasteiger partial charge in [-0.2, -0.15) is 0 Å². The normalized spacial score (nSPS) is 14.6. The Balaban J connectivity index is 1.81. The molecule has 2 aromatic rings. The van der Waals surface area contributed by atoms with Gasteiger partial charge in [-0.1, -0.05) is 17.7 Å². The van der Waals surface area contributed by atoms with E-state index in [1.165, 1.54) is 31.4 Å². The van der Waals surface area contributed by atoms with E-state index in [9.17, 15) is 19.2 Å². The van der Waals surface area contributed by atoms with Crippen molar-refractivity contribution in [2.45, 2.75) is 6.92 Å². The molecule has 166 valence electrons. The van der Waals surface area contributed by atoms with Crippen LogP contribution in [0.2, 0.25) is 5.02 Å². The lowest BCUT2D eigenvalue weighted by molar-refractivity contribution is -0.145. The third-order valence-electron chi connectivity index (χ3n) is 4.23. The van der Waals surface area contributed by atoms with E-state index in [0.29, 0.717) is 33.7 Å². The van der Waals surface area contributed by atoms with Crippen LogP contribution in [0.15, 0.2) is 47.4 Å². The molecule has 0 N–H and O–H groups in total. The van der Waals surface area contributed by atoms with Crippen LogP contribution in [0.3, 0.4) is 0 Å². The van der Waals surface area contributed by atoms with Crippen molar-refractivity contribution in [3.05, 3.63) is 63.5 Å². The number of methoxy groups -OCH3 is 1. The van der Waals surface area contributed by atoms with Crippen LogP contribution in [0.5, 0.6) is 11.5 Å². The number of imide groups is 1. The largest absolute Gasteiger partial charge is 0.493 e. The van der Waals surface area contributed by atoms with Gasteiger partial charge in [-0.05, 0) is 66.7 Å². The molecular formula is C22H18ClNO7S. The van der Waals surface area contributed by atoms with E-state index in [1.54, 1.807) is 31.2 Å². The molecule has 1 aliphatic rings. The topological polar surface area (TPSA) is 99.2 Å². The molecule has 8 nitrogen and oxygen atoms in total. The summed E-state index contributed by atoms with van der Waals surface area (Å²) < 4.78 is 15.5. The lowest BCUT2D eigenvalue weighted by Crippen LogP contribution is -2.34. The van der Waals surface area contributed by atoms with Crippen LogP contribution in [-0.4, -0.2) is 48.2 Å². The highest BCUT2D eigenvalue weighted by atomic mass is 35.5. The molecule has 10 heteroatoms. The third kappa shape index (κ3) is 5.49. The monoisotopic (exact) mass is 475 g/mol. The molecule has 2 amide bonds. The number of nitrogens with zero attached hydrogens (tertiary/aromatic N) is 1. The Kier molecular flexibility index (Phi) is 7.55. The SMILES string of the molecule is CCOC(=O)CN1C(=O)S/C(=C\c2ccc(OC)c(OC(=O)c3ccc(Cl)cc3)c2)C1=O. The van der Waals surface area contributed by atoms with Gasteiger partial charge in [0.15, 0.2) is 11.5 Å². The first-order valence-electron chi connectivity index (χ1n) is 9.39. The Morgan fingerprint density at radius 3 is 2.47 bits per heavy atom. The Morgan fingerprint density at radius 2 is 1.81 bits per heavy atom. The molecule has 1 saturated heterocycles. The molecule has 0 aliphatic carbocycles. The summed E-state index contributed by atoms with van der Waals surface area (Å²) >= 11 is 6.54. The van der Waals surface area contributed by atoms with Crippen molar-refractivity contribution in [1.82, 2.24) is 4.90 Å². The summed E-state index contributed by atoms with van der Waals surface area (Å²) in [6.07, 6.45) is 1.47. The van der Waals surface area contributed by atoms with Gasteiger partial charge in [0.2, 0.25) is 0 Å². The Hall–Kier alpha value is -3.30. The van der Waals surface area contributed by atoms with Crippen LogP contribution in [0.4, 0.5) is 4.79 Å². The number of amides is 2. The van der Waals surface area contributed by atoms with E-state index in [-0.39, 0.29) is 17.3 Å². The number of halogens is 1. The number of carbonyl (C=O) groups excluding carboxylic acids is 4. The molecule has 3 rings (SSSR count). The molecule has 1 heterocycles. The predicted octanol–water partition coefficient (Wildman–Crippen LogP) is 4.17. The number of thioether (sulfide) groups is 1. The molecule has 0 radical (unpaired) electrons. The van der Waals surface area contributed by atoms with Gasteiger partial charge in [0.05, 0.1) is 24.2 Å². The smallest absolute Gasteiger partial charge is 0.343 e. The molecule has 32 heavy (non-hydrogen) atoms. The van der Waals surface area contributed by atoms with Crippen LogP contribution in [-0.2, 0) is 14.3 Å². The lowest BCUT2D eigenvalue weighted by Gasteiger charge is -2.11. The van der Waals surface area contributed by atoms with Gasteiger partial charge in [-0.15, -0.1) is 0 Å². The standard InChI is InChI=1S/C22H18ClNO7S/c1-3-30-19(25)12-24-20(26)18(32-22(24)28)11-13-4-9-16(29-2)17(10-13)31-21(27)14-5-7-15(23)8-6-14/h4-11H,3,12H2,1-2H3/b18-11-. The molecule has 0 bridgehead atoms. The molecule has 0 saturated carbocycles. The second-order valence-corrected chi connectivity index (χ2v) is 7.81. The van der Waals surface area contributed by atoms with Gasteiger partial charge in [-0.3, -0.25) is 19.3 Å². The fraction of sp³-hybridized carbons (Fsp3) is 0.182. The first-order chi connectivity index (χ1) is 15.3. The predicted molar refractivity (Wildman–Crippen MR) is 119 cm³/mol. The second kappa shape index (κ2) is 10.3. The molecular weight excluding hydrogens is 458 g/mol. The molecule has 0 atom stereocenters. The highest BCUT2D eigenvalue weighted by molar-refractivity contribution is 8.18. The zero-order valence-electron chi connectivity index (χ0n) is 17.1. The molecule has 0 aromatic heterocycles. The number of rotatable bonds is 7. The van der Waals surface area contributed by atoms with E-state index in [0.717, 1.165) is 4.90 Å². The minimum atomic E-state index is -0.670. The number of ether oxygens (including phenoxy) is 3. The first kappa shape index (κ1) is 23.4. The lowest BCUT2D eigenvalue weighted by atomic mass is 10.1. The Labute approximate surface area is 193 Å². The summed E-state index contributed by atoms with van der Waals surface area (Å²) in [5.74, 6) is -1.46. The van der Waals surface area contributed by atoms with Crippen LogP contribution >= 0.6 is 23.4 Å². The minimum absolute atomic E-state index is 0.124. The zero-order valence-corrected chi connectivity index (χ0v) is 18.7. The third-order valence-corrected chi connectivity index (χ3v) is 5.39. The summed E-state index contributed by atoms with van der Waals surface area (Å²) in [5, 5.41) is -0.0877. The van der Waals surface area contributed by atoms with Gasteiger partial charge in [0.25, 0.3) is 11.1 Å². The maximum atomic E-state index is 12.5. The number of carbonyl (C=O) groups is 4. The Bertz CT molecular complexity index is 1100. The quantitative estimate of drug-likeness (QED) is 0.334. The van der Waals surface area contributed by atoms with Crippen molar-refractivity contribution in [1.29, 1.82) is 0 Å². The molecule has 2 aromatic carbocycles. The fourth-order valence-corrected chi connectivity index (χ4v) is 3.70. The maximum Gasteiger partial charge on any atom is 0.343 e. The number of esters is 2. The van der Waals surface area contributed by atoms with Gasteiger partial charge < -0.3 is 14.2 Å². The van der Waals surface area contributed by atoms with Gasteiger partial charge >= 0.3 is 11.9 Å².